The number of hydrogen-bond acceptors (Lipinski definition) is 1. The monoisotopic (exact) mass is 204 g/mol. The van der Waals surface area contributed by atoms with Gasteiger partial charge in [0.15, 0.2) is 0 Å². The molecule has 2 aromatic carbocycles. The third-order valence-electron chi connectivity index (χ3n) is 1.79. The third kappa shape index (κ3) is 2.36. The van der Waals surface area contributed by atoms with Crippen molar-refractivity contribution in [1.82, 2.24) is 0 Å². The molecule has 0 spiro atoms. The summed E-state index contributed by atoms with van der Waals surface area (Å²) in [5.74, 6) is -0.192. The van der Waals surface area contributed by atoms with Crippen LogP contribution < -0.4 is 0 Å². The highest BCUT2D eigenvalue weighted by Gasteiger charge is 1.96. The lowest BCUT2D eigenvalue weighted by molar-refractivity contribution is 0.626. The largest absolute Gasteiger partial charge is 0.207 e. The Bertz CT molecular complexity index is 394. The molecule has 0 atom stereocenters. The Morgan fingerprint density at radius 1 is 0.714 bits per heavy atom. The van der Waals surface area contributed by atoms with E-state index in [1.807, 2.05) is 30.3 Å². The smallest absolute Gasteiger partial charge is 0.123 e. The zero-order chi connectivity index (χ0) is 9.80. The van der Waals surface area contributed by atoms with Crippen LogP contribution in [0.5, 0.6) is 0 Å². The molecule has 2 aromatic rings. The molecule has 0 fully saturated rings. The summed E-state index contributed by atoms with van der Waals surface area (Å²) in [5, 5.41) is 0. The summed E-state index contributed by atoms with van der Waals surface area (Å²) in [7, 11) is 0. The van der Waals surface area contributed by atoms with Gasteiger partial charge in [0.05, 0.1) is 0 Å². The summed E-state index contributed by atoms with van der Waals surface area (Å²) in [5.41, 5.74) is 0. The minimum Gasteiger partial charge on any atom is -0.207 e. The van der Waals surface area contributed by atoms with Crippen molar-refractivity contribution in [2.75, 3.05) is 0 Å². The van der Waals surface area contributed by atoms with Crippen LogP contribution in [0.25, 0.3) is 0 Å². The fraction of sp³-hybridized carbons (Fsp3) is 0. The topological polar surface area (TPSA) is 0 Å². The highest BCUT2D eigenvalue weighted by molar-refractivity contribution is 7.99. The Morgan fingerprint density at radius 2 is 1.29 bits per heavy atom. The quantitative estimate of drug-likeness (QED) is 0.713. The van der Waals surface area contributed by atoms with Crippen LogP contribution in [0.1, 0.15) is 0 Å². The molecule has 0 saturated carbocycles. The van der Waals surface area contributed by atoms with Gasteiger partial charge in [0.25, 0.3) is 0 Å². The maximum Gasteiger partial charge on any atom is 0.123 e. The third-order valence-corrected chi connectivity index (χ3v) is 2.81. The Morgan fingerprint density at radius 3 is 1.93 bits per heavy atom. The number of hydrogen-bond donors (Lipinski definition) is 0. The van der Waals surface area contributed by atoms with Gasteiger partial charge in [-0.15, -0.1) is 0 Å². The van der Waals surface area contributed by atoms with Crippen LogP contribution in [0.4, 0.5) is 4.39 Å². The minimum atomic E-state index is -0.192. The summed E-state index contributed by atoms with van der Waals surface area (Å²) in [6, 6.07) is 16.6. The standard InChI is InChI=1S/C12H9FS/c13-10-6-8-12(9-7-10)14-11-4-2-1-3-5-11/h1-9H. The summed E-state index contributed by atoms with van der Waals surface area (Å²) < 4.78 is 12.6. The molecule has 0 aliphatic carbocycles. The van der Waals surface area contributed by atoms with Crippen LogP contribution >= 0.6 is 11.8 Å². The molecule has 0 aromatic heterocycles. The van der Waals surface area contributed by atoms with Crippen molar-refractivity contribution < 1.29 is 4.39 Å². The van der Waals surface area contributed by atoms with E-state index in [1.54, 1.807) is 23.9 Å². The van der Waals surface area contributed by atoms with Gasteiger partial charge in [0.1, 0.15) is 5.82 Å². The van der Waals surface area contributed by atoms with Crippen LogP contribution in [-0.4, -0.2) is 0 Å². The SMILES string of the molecule is Fc1ccc(Sc2ccccc2)cc1. The second kappa shape index (κ2) is 4.29. The maximum atomic E-state index is 12.6. The lowest BCUT2D eigenvalue weighted by Crippen LogP contribution is -1.74. The predicted molar refractivity (Wildman–Crippen MR) is 57.0 cm³/mol. The van der Waals surface area contributed by atoms with E-state index in [0.717, 1.165) is 4.90 Å². The molecule has 14 heavy (non-hydrogen) atoms. The van der Waals surface area contributed by atoms with Crippen molar-refractivity contribution in [1.29, 1.82) is 0 Å². The van der Waals surface area contributed by atoms with Crippen molar-refractivity contribution in [3.05, 3.63) is 60.4 Å². The molecule has 0 aliphatic heterocycles. The van der Waals surface area contributed by atoms with E-state index in [2.05, 4.69) is 0 Å². The van der Waals surface area contributed by atoms with Crippen molar-refractivity contribution in [2.24, 2.45) is 0 Å². The number of benzene rings is 2. The second-order valence-electron chi connectivity index (χ2n) is 2.87. The van der Waals surface area contributed by atoms with Gasteiger partial charge in [-0.2, -0.15) is 0 Å². The van der Waals surface area contributed by atoms with Gasteiger partial charge in [-0.3, -0.25) is 0 Å². The van der Waals surface area contributed by atoms with Gasteiger partial charge in [0, 0.05) is 9.79 Å². The van der Waals surface area contributed by atoms with Gasteiger partial charge >= 0.3 is 0 Å². The Hall–Kier alpha value is -1.28. The average Bonchev–Trinajstić information content (AvgIpc) is 2.23. The normalized spacial score (nSPS) is 10.1. The van der Waals surface area contributed by atoms with Crippen molar-refractivity contribution in [3.8, 4) is 0 Å². The highest BCUT2D eigenvalue weighted by Crippen LogP contribution is 2.26. The first-order chi connectivity index (χ1) is 6.84. The summed E-state index contributed by atoms with van der Waals surface area (Å²) in [4.78, 5) is 2.22. The molecule has 0 unspecified atom stereocenters. The maximum absolute atomic E-state index is 12.6. The van der Waals surface area contributed by atoms with E-state index in [-0.39, 0.29) is 5.82 Å². The number of rotatable bonds is 2. The Balaban J connectivity index is 2.16. The van der Waals surface area contributed by atoms with Crippen LogP contribution in [0.2, 0.25) is 0 Å². The Labute approximate surface area is 86.8 Å². The molecule has 0 N–H and O–H groups in total. The molecule has 0 amide bonds. The molecule has 0 heterocycles. The molecule has 0 aliphatic rings. The van der Waals surface area contributed by atoms with Crippen LogP contribution in [0.15, 0.2) is 64.4 Å². The first-order valence-corrected chi connectivity index (χ1v) is 5.15. The van der Waals surface area contributed by atoms with Crippen molar-refractivity contribution in [2.45, 2.75) is 9.79 Å². The molecule has 0 bridgehead atoms. The fourth-order valence-electron chi connectivity index (χ4n) is 1.13. The van der Waals surface area contributed by atoms with E-state index >= 15 is 0 Å². The molecule has 0 nitrogen and oxygen atoms in total. The molecule has 0 saturated heterocycles. The zero-order valence-electron chi connectivity index (χ0n) is 7.48. The number of halogens is 1. The van der Waals surface area contributed by atoms with Crippen molar-refractivity contribution >= 4 is 11.8 Å². The van der Waals surface area contributed by atoms with Gasteiger partial charge in [-0.1, -0.05) is 30.0 Å². The van der Waals surface area contributed by atoms with Crippen LogP contribution in [-0.2, 0) is 0 Å². The van der Waals surface area contributed by atoms with E-state index in [1.165, 1.54) is 17.0 Å². The molecular formula is C12H9FS. The average molecular weight is 204 g/mol. The summed E-state index contributed by atoms with van der Waals surface area (Å²) in [6.45, 7) is 0. The second-order valence-corrected chi connectivity index (χ2v) is 4.02. The zero-order valence-corrected chi connectivity index (χ0v) is 8.30. The Kier molecular flexibility index (Phi) is 2.84. The van der Waals surface area contributed by atoms with E-state index in [0.29, 0.717) is 0 Å². The summed E-state index contributed by atoms with van der Waals surface area (Å²) in [6.07, 6.45) is 0. The molecule has 2 heteroatoms. The molecule has 70 valence electrons. The lowest BCUT2D eigenvalue weighted by Gasteiger charge is -2.00. The highest BCUT2D eigenvalue weighted by atomic mass is 32.2. The van der Waals surface area contributed by atoms with Crippen molar-refractivity contribution in [3.63, 3.8) is 0 Å². The first-order valence-electron chi connectivity index (χ1n) is 4.33. The van der Waals surface area contributed by atoms with Gasteiger partial charge in [-0.25, -0.2) is 4.39 Å². The minimum absolute atomic E-state index is 0.192. The van der Waals surface area contributed by atoms with E-state index < -0.39 is 0 Å². The van der Waals surface area contributed by atoms with Crippen LogP contribution in [0, 0.1) is 5.82 Å². The fourth-order valence-corrected chi connectivity index (χ4v) is 1.96. The first kappa shape index (κ1) is 9.28. The summed E-state index contributed by atoms with van der Waals surface area (Å²) >= 11 is 1.63. The van der Waals surface area contributed by atoms with Gasteiger partial charge in [0.2, 0.25) is 0 Å². The van der Waals surface area contributed by atoms with E-state index in [9.17, 15) is 4.39 Å². The molecule has 2 rings (SSSR count). The molecule has 0 radical (unpaired) electrons. The van der Waals surface area contributed by atoms with Crippen LogP contribution in [0.3, 0.4) is 0 Å². The molecular weight excluding hydrogens is 195 g/mol. The predicted octanol–water partition coefficient (Wildman–Crippen LogP) is 3.98. The lowest BCUT2D eigenvalue weighted by atomic mass is 10.3. The van der Waals surface area contributed by atoms with Gasteiger partial charge < -0.3 is 0 Å². The van der Waals surface area contributed by atoms with Gasteiger partial charge in [-0.05, 0) is 36.4 Å². The van der Waals surface area contributed by atoms with E-state index in [4.69, 9.17) is 0 Å².